The molecule has 0 aromatic heterocycles. The number of hydrogen-bond donors (Lipinski definition) is 0. The van der Waals surface area contributed by atoms with Crippen molar-refractivity contribution in [1.29, 1.82) is 0 Å². The van der Waals surface area contributed by atoms with Crippen molar-refractivity contribution in [1.82, 2.24) is 0 Å². The van der Waals surface area contributed by atoms with Crippen LogP contribution in [0, 0.1) is 0 Å². The van der Waals surface area contributed by atoms with E-state index in [1.165, 1.54) is 51.8 Å². The molecule has 0 bridgehead atoms. The van der Waals surface area contributed by atoms with Gasteiger partial charge in [0.15, 0.2) is 0 Å². The van der Waals surface area contributed by atoms with Gasteiger partial charge in [0.1, 0.15) is 0 Å². The van der Waals surface area contributed by atoms with Crippen molar-refractivity contribution >= 4 is 26.5 Å². The summed E-state index contributed by atoms with van der Waals surface area (Å²) in [5.74, 6) is 0. The van der Waals surface area contributed by atoms with Crippen LogP contribution in [0.5, 0.6) is 0 Å². The first-order valence-electron chi connectivity index (χ1n) is 10.7. The molecule has 1 atom stereocenters. The zero-order valence-corrected chi connectivity index (χ0v) is 22.3. The third kappa shape index (κ3) is 10.4. The van der Waals surface area contributed by atoms with Crippen LogP contribution in [0.25, 0.3) is 0 Å². The molecular formula is C22H46OSiSn. The summed E-state index contributed by atoms with van der Waals surface area (Å²) in [6.07, 6.45) is 10.5. The number of unbranched alkanes of at least 4 members (excludes halogenated alkanes) is 3. The molecule has 0 aliphatic heterocycles. The Bertz CT molecular complexity index is 362. The molecule has 0 radical (unpaired) electrons. The maximum absolute atomic E-state index is 6.23. The molecule has 0 aromatic carbocycles. The summed E-state index contributed by atoms with van der Waals surface area (Å²) in [5, 5.41) is 0. The van der Waals surface area contributed by atoms with Gasteiger partial charge in [0, 0.05) is 0 Å². The fourth-order valence-corrected chi connectivity index (χ4v) is 27.8. The molecular weight excluding hydrogens is 427 g/mol. The second kappa shape index (κ2) is 13.6. The van der Waals surface area contributed by atoms with E-state index in [-0.39, 0.29) is 0 Å². The van der Waals surface area contributed by atoms with Crippen LogP contribution in [0.1, 0.15) is 66.2 Å². The second-order valence-corrected chi connectivity index (χ2v) is 27.1. The molecule has 0 fully saturated rings. The minimum atomic E-state index is -2.40. The maximum atomic E-state index is 6.23. The van der Waals surface area contributed by atoms with Gasteiger partial charge in [0.2, 0.25) is 0 Å². The van der Waals surface area contributed by atoms with Crippen LogP contribution in [-0.4, -0.2) is 39.2 Å². The van der Waals surface area contributed by atoms with Crippen molar-refractivity contribution in [3.05, 3.63) is 21.9 Å². The number of ether oxygens (including phenoxy) is 1. The van der Waals surface area contributed by atoms with Crippen molar-refractivity contribution in [2.45, 2.75) is 105 Å². The van der Waals surface area contributed by atoms with E-state index in [2.05, 4.69) is 59.6 Å². The van der Waals surface area contributed by atoms with E-state index in [1.807, 2.05) is 9.67 Å². The Kier molecular flexibility index (Phi) is 13.8. The number of rotatable bonds is 15. The van der Waals surface area contributed by atoms with Gasteiger partial charge in [-0.05, 0) is 0 Å². The minimum absolute atomic E-state index is 0.297. The van der Waals surface area contributed by atoms with Crippen LogP contribution in [-0.2, 0) is 4.74 Å². The molecule has 3 heteroatoms. The molecule has 1 nitrogen and oxygen atoms in total. The fourth-order valence-electron chi connectivity index (χ4n) is 3.82. The van der Waals surface area contributed by atoms with Crippen LogP contribution >= 0.6 is 0 Å². The molecule has 0 amide bonds. The van der Waals surface area contributed by atoms with Crippen LogP contribution in [0.3, 0.4) is 0 Å². The fraction of sp³-hybridized carbons (Fsp3) is 0.818. The van der Waals surface area contributed by atoms with Gasteiger partial charge in [-0.15, -0.1) is 0 Å². The normalized spacial score (nSPS) is 14.6. The van der Waals surface area contributed by atoms with Crippen molar-refractivity contribution in [3.8, 4) is 0 Å². The van der Waals surface area contributed by atoms with E-state index < -0.39 is 26.5 Å². The van der Waals surface area contributed by atoms with E-state index in [0.29, 0.717) is 12.7 Å². The Hall–Kier alpha value is 0.456. The molecule has 0 aliphatic rings. The zero-order valence-electron chi connectivity index (χ0n) is 18.4. The van der Waals surface area contributed by atoms with E-state index in [4.69, 9.17) is 4.74 Å². The van der Waals surface area contributed by atoms with E-state index in [1.54, 1.807) is 0 Å². The molecule has 1 unspecified atom stereocenters. The molecule has 25 heavy (non-hydrogen) atoms. The first-order chi connectivity index (χ1) is 11.8. The van der Waals surface area contributed by atoms with Gasteiger partial charge in [-0.2, -0.15) is 0 Å². The van der Waals surface area contributed by atoms with Gasteiger partial charge in [-0.3, -0.25) is 0 Å². The second-order valence-electron chi connectivity index (χ2n) is 8.82. The van der Waals surface area contributed by atoms with Crippen molar-refractivity contribution in [2.24, 2.45) is 0 Å². The summed E-state index contributed by atoms with van der Waals surface area (Å²) in [7, 11) is -1.27. The van der Waals surface area contributed by atoms with Crippen LogP contribution in [0.4, 0.5) is 0 Å². The Labute approximate surface area is 164 Å². The zero-order chi connectivity index (χ0) is 19.3. The molecule has 0 spiro atoms. The summed E-state index contributed by atoms with van der Waals surface area (Å²) < 4.78 is 12.7. The Morgan fingerprint density at radius 3 is 1.72 bits per heavy atom. The molecule has 0 aliphatic carbocycles. The quantitative estimate of drug-likeness (QED) is 0.174. The summed E-state index contributed by atoms with van der Waals surface area (Å²) in [5.41, 5.74) is 2.76. The monoisotopic (exact) mass is 474 g/mol. The average molecular weight is 473 g/mol. The predicted octanol–water partition coefficient (Wildman–Crippen LogP) is 7.77. The molecule has 0 heterocycles. The predicted molar refractivity (Wildman–Crippen MR) is 122 cm³/mol. The molecule has 148 valence electrons. The Balaban J connectivity index is 5.95. The van der Waals surface area contributed by atoms with Gasteiger partial charge >= 0.3 is 165 Å². The topological polar surface area (TPSA) is 9.23 Å². The van der Waals surface area contributed by atoms with Crippen molar-refractivity contribution in [2.75, 3.05) is 6.61 Å². The third-order valence-corrected chi connectivity index (χ3v) is 23.4. The van der Waals surface area contributed by atoms with Gasteiger partial charge < -0.3 is 0 Å². The van der Waals surface area contributed by atoms with Crippen molar-refractivity contribution in [3.63, 3.8) is 0 Å². The van der Waals surface area contributed by atoms with Crippen LogP contribution in [0.15, 0.2) is 21.9 Å². The molecule has 0 saturated carbocycles. The summed E-state index contributed by atoms with van der Waals surface area (Å²) >= 11 is -2.40. The SMILES string of the molecule is C=CCOC(C)/[C](=C\[Si](C)(C)C)[Sn]([CH2]CCC)([CH2]CCC)[CH2]CCC. The third-order valence-electron chi connectivity index (χ3n) is 5.13. The number of hydrogen-bond acceptors (Lipinski definition) is 1. The van der Waals surface area contributed by atoms with E-state index >= 15 is 0 Å². The van der Waals surface area contributed by atoms with E-state index in [9.17, 15) is 0 Å². The Morgan fingerprint density at radius 2 is 1.40 bits per heavy atom. The van der Waals surface area contributed by atoms with Gasteiger partial charge in [0.05, 0.1) is 0 Å². The molecule has 0 N–H and O–H groups in total. The van der Waals surface area contributed by atoms with Gasteiger partial charge in [-0.25, -0.2) is 0 Å². The first-order valence-corrected chi connectivity index (χ1v) is 21.8. The van der Waals surface area contributed by atoms with Crippen LogP contribution < -0.4 is 0 Å². The molecule has 0 rings (SSSR count). The summed E-state index contributed by atoms with van der Waals surface area (Å²) in [6, 6.07) is 0. The standard InChI is InChI=1S/C10H19OSi.3C4H9.Sn/c1-6-8-11-10(2)7-9-12(3,4)5;3*1-3-4-2;/h6,9-10H,1,8H2,2-5H3;3*1,3-4H2,2H3;. The van der Waals surface area contributed by atoms with E-state index in [0.717, 1.165) is 0 Å². The molecule has 0 saturated heterocycles. The van der Waals surface area contributed by atoms with Gasteiger partial charge in [-0.1, -0.05) is 0 Å². The Morgan fingerprint density at radius 1 is 0.960 bits per heavy atom. The van der Waals surface area contributed by atoms with Crippen LogP contribution in [0.2, 0.25) is 33.0 Å². The summed E-state index contributed by atoms with van der Waals surface area (Å²) in [6.45, 7) is 21.4. The van der Waals surface area contributed by atoms with Gasteiger partial charge in [0.25, 0.3) is 0 Å². The first kappa shape index (κ1) is 25.5. The average Bonchev–Trinajstić information content (AvgIpc) is 2.56. The summed E-state index contributed by atoms with van der Waals surface area (Å²) in [4.78, 5) is 0. The van der Waals surface area contributed by atoms with Crippen molar-refractivity contribution < 1.29 is 4.74 Å². The molecule has 0 aromatic rings.